The minimum Gasteiger partial charge on any atom is -0.457 e. The van der Waals surface area contributed by atoms with E-state index in [-0.39, 0.29) is 37.5 Å². The second kappa shape index (κ2) is 10.3. The van der Waals surface area contributed by atoms with Crippen LogP contribution in [0.4, 0.5) is 11.4 Å². The van der Waals surface area contributed by atoms with E-state index in [9.17, 15) is 14.4 Å². The molecule has 5 heterocycles. The highest BCUT2D eigenvalue weighted by Gasteiger charge is 2.50. The molecule has 4 aromatic rings. The summed E-state index contributed by atoms with van der Waals surface area (Å²) in [6.45, 7) is 3.64. The van der Waals surface area contributed by atoms with Crippen LogP contribution < -0.4 is 16.6 Å². The molecule has 0 bridgehead atoms. The lowest BCUT2D eigenvalue weighted by atomic mass is 9.85. The second-order valence-electron chi connectivity index (χ2n) is 9.76. The summed E-state index contributed by atoms with van der Waals surface area (Å²) in [5.74, 6) is -1.32. The summed E-state index contributed by atoms with van der Waals surface area (Å²) in [7, 11) is 0. The topological polar surface area (TPSA) is 138 Å². The lowest BCUT2D eigenvalue weighted by molar-refractivity contribution is -0.188. The van der Waals surface area contributed by atoms with Gasteiger partial charge >= 0.3 is 11.9 Å². The number of aromatic nitrogens is 3. The number of carbonyl (C=O) groups excluding carboxylic acids is 2. The van der Waals surface area contributed by atoms with Gasteiger partial charge in [-0.15, -0.1) is 12.4 Å². The Morgan fingerprint density at radius 2 is 2.05 bits per heavy atom. The predicted molar refractivity (Wildman–Crippen MR) is 152 cm³/mol. The lowest BCUT2D eigenvalue weighted by Crippen LogP contribution is -2.47. The van der Waals surface area contributed by atoms with Gasteiger partial charge in [-0.05, 0) is 42.7 Å². The monoisotopic (exact) mass is 561 g/mol. The molecule has 0 radical (unpaired) electrons. The van der Waals surface area contributed by atoms with E-state index in [2.05, 4.69) is 10.3 Å². The number of esters is 2. The van der Waals surface area contributed by atoms with Gasteiger partial charge in [-0.25, -0.2) is 9.78 Å². The Morgan fingerprint density at radius 3 is 2.77 bits per heavy atom. The molecule has 0 amide bonds. The summed E-state index contributed by atoms with van der Waals surface area (Å²) < 4.78 is 12.5. The van der Waals surface area contributed by atoms with E-state index in [4.69, 9.17) is 20.2 Å². The molecule has 3 N–H and O–H groups in total. The summed E-state index contributed by atoms with van der Waals surface area (Å²) >= 11 is 0. The van der Waals surface area contributed by atoms with Crippen molar-refractivity contribution >= 4 is 46.6 Å². The van der Waals surface area contributed by atoms with Crippen molar-refractivity contribution in [3.8, 4) is 11.4 Å². The van der Waals surface area contributed by atoms with Gasteiger partial charge in [0.05, 0.1) is 34.7 Å². The number of nitrogens with zero attached hydrogens (tertiary/aromatic N) is 3. The number of fused-ring (bicyclic) bond motifs is 5. The molecule has 0 saturated carbocycles. The summed E-state index contributed by atoms with van der Waals surface area (Å²) in [6.07, 6.45) is 4.43. The van der Waals surface area contributed by atoms with Gasteiger partial charge in [0.25, 0.3) is 5.56 Å². The van der Waals surface area contributed by atoms with Gasteiger partial charge < -0.3 is 25.1 Å². The van der Waals surface area contributed by atoms with Gasteiger partial charge in [0.15, 0.2) is 0 Å². The fraction of sp³-hybridized carbons (Fsp3) is 0.276. The molecular formula is C29H28ClN5O5. The first-order chi connectivity index (χ1) is 18.8. The van der Waals surface area contributed by atoms with E-state index >= 15 is 0 Å². The lowest BCUT2D eigenvalue weighted by Gasteiger charge is -2.35. The van der Waals surface area contributed by atoms with Crippen LogP contribution in [0.2, 0.25) is 0 Å². The third kappa shape index (κ3) is 4.15. The maximum atomic E-state index is 13.8. The smallest absolute Gasteiger partial charge is 0.355 e. The van der Waals surface area contributed by atoms with Crippen LogP contribution >= 0.6 is 12.4 Å². The van der Waals surface area contributed by atoms with Crippen molar-refractivity contribution in [3.63, 3.8) is 0 Å². The van der Waals surface area contributed by atoms with Crippen molar-refractivity contribution in [3.05, 3.63) is 81.4 Å². The largest absolute Gasteiger partial charge is 0.457 e. The van der Waals surface area contributed by atoms with Crippen LogP contribution in [0, 0.1) is 0 Å². The second-order valence-corrected chi connectivity index (χ2v) is 9.76. The molecule has 11 heteroatoms. The molecule has 1 aromatic carbocycles. The van der Waals surface area contributed by atoms with E-state index in [1.165, 1.54) is 6.92 Å². The molecule has 10 nitrogen and oxygen atoms in total. The number of benzene rings is 1. The van der Waals surface area contributed by atoms with Gasteiger partial charge in [0.1, 0.15) is 6.61 Å². The number of nitrogens with one attached hydrogen (secondary N) is 1. The Morgan fingerprint density at radius 1 is 1.23 bits per heavy atom. The van der Waals surface area contributed by atoms with E-state index in [0.29, 0.717) is 40.3 Å². The standard InChI is InChI=1S/C29H27N5O5.ClH/c1-3-29(39-16(2)35)20-12-23-25-18(14-34(23)27(36)19(20)15-38-28(29)37)26(24-21(30)7-4-8-22(24)33-25)32-11-9-17-6-5-10-31-13-17;/h4-8,10,12-13H,3,9,11,14-15,30H2,1-2H3,(H,32,33);1H/t29-;/m0./s1. The molecule has 0 unspecified atom stereocenters. The Labute approximate surface area is 235 Å². The van der Waals surface area contributed by atoms with E-state index in [0.717, 1.165) is 28.6 Å². The minimum atomic E-state index is -1.69. The van der Waals surface area contributed by atoms with Crippen LogP contribution in [0.15, 0.2) is 53.6 Å². The highest BCUT2D eigenvalue weighted by molar-refractivity contribution is 6.04. The predicted octanol–water partition coefficient (Wildman–Crippen LogP) is 3.70. The van der Waals surface area contributed by atoms with Crippen molar-refractivity contribution in [2.24, 2.45) is 0 Å². The SMILES string of the molecule is CC[C@@]1(OC(C)=O)C(=O)OCc2c1cc1n(c2=O)Cc2c-1nc1cccc(N)c1c2NCCc1cccnc1.Cl. The number of hydrogen-bond donors (Lipinski definition) is 2. The number of halogens is 1. The average molecular weight is 562 g/mol. The molecule has 206 valence electrons. The Balaban J connectivity index is 0.00000323. The maximum Gasteiger partial charge on any atom is 0.355 e. The third-order valence-electron chi connectivity index (χ3n) is 7.47. The van der Waals surface area contributed by atoms with Crippen molar-refractivity contribution in [1.82, 2.24) is 14.5 Å². The number of cyclic esters (lactones) is 1. The first-order valence-electron chi connectivity index (χ1n) is 12.8. The fourth-order valence-electron chi connectivity index (χ4n) is 5.63. The van der Waals surface area contributed by atoms with Gasteiger partial charge in [-0.3, -0.25) is 14.6 Å². The molecule has 0 spiro atoms. The zero-order chi connectivity index (χ0) is 27.3. The molecule has 3 aromatic heterocycles. The summed E-state index contributed by atoms with van der Waals surface area (Å²) in [5.41, 5.74) is 10.2. The van der Waals surface area contributed by atoms with E-state index in [1.807, 2.05) is 36.5 Å². The number of ether oxygens (including phenoxy) is 2. The molecule has 2 aliphatic heterocycles. The van der Waals surface area contributed by atoms with Crippen molar-refractivity contribution in [1.29, 1.82) is 0 Å². The Bertz CT molecular complexity index is 1720. The highest BCUT2D eigenvalue weighted by Crippen LogP contribution is 2.44. The quantitative estimate of drug-likeness (QED) is 0.234. The van der Waals surface area contributed by atoms with Crippen LogP contribution in [0.5, 0.6) is 0 Å². The Hall–Kier alpha value is -4.44. The van der Waals surface area contributed by atoms with Crippen molar-refractivity contribution < 1.29 is 19.1 Å². The average Bonchev–Trinajstić information content (AvgIpc) is 3.29. The normalized spacial score (nSPS) is 16.8. The summed E-state index contributed by atoms with van der Waals surface area (Å²) in [4.78, 5) is 47.9. The van der Waals surface area contributed by atoms with Crippen molar-refractivity contribution in [2.45, 2.75) is 45.4 Å². The number of rotatable bonds is 6. The van der Waals surface area contributed by atoms with Gasteiger partial charge in [0, 0.05) is 48.1 Å². The number of pyridine rings is 3. The first kappa shape index (κ1) is 27.1. The molecule has 2 aliphatic rings. The molecule has 6 rings (SSSR count). The zero-order valence-corrected chi connectivity index (χ0v) is 22.8. The highest BCUT2D eigenvalue weighted by atomic mass is 35.5. The minimum absolute atomic E-state index is 0. The number of carbonyl (C=O) groups is 2. The van der Waals surface area contributed by atoms with Crippen LogP contribution in [-0.2, 0) is 44.2 Å². The third-order valence-corrected chi connectivity index (χ3v) is 7.47. The summed E-state index contributed by atoms with van der Waals surface area (Å²) in [5, 5.41) is 4.34. The maximum absolute atomic E-state index is 13.8. The first-order valence-corrected chi connectivity index (χ1v) is 12.8. The number of nitrogens with two attached hydrogens (primary N) is 1. The van der Waals surface area contributed by atoms with Gasteiger partial charge in [-0.2, -0.15) is 0 Å². The molecule has 0 aliphatic carbocycles. The summed E-state index contributed by atoms with van der Waals surface area (Å²) in [6, 6.07) is 11.2. The molecular weight excluding hydrogens is 534 g/mol. The Kier molecular flexibility index (Phi) is 6.97. The van der Waals surface area contributed by atoms with Crippen LogP contribution in [0.3, 0.4) is 0 Å². The van der Waals surface area contributed by atoms with Gasteiger partial charge in [-0.1, -0.05) is 19.1 Å². The van der Waals surface area contributed by atoms with Crippen LogP contribution in [0.25, 0.3) is 22.3 Å². The zero-order valence-electron chi connectivity index (χ0n) is 22.0. The van der Waals surface area contributed by atoms with E-state index < -0.39 is 17.5 Å². The molecule has 0 saturated heterocycles. The molecule has 1 atom stereocenters. The van der Waals surface area contributed by atoms with Gasteiger partial charge in [0.2, 0.25) is 5.60 Å². The molecule has 0 fully saturated rings. The number of anilines is 2. The number of hydrogen-bond acceptors (Lipinski definition) is 9. The van der Waals surface area contributed by atoms with Crippen LogP contribution in [0.1, 0.15) is 42.5 Å². The number of nitrogen functional groups attached to an aromatic ring is 1. The fourth-order valence-corrected chi connectivity index (χ4v) is 5.63. The van der Waals surface area contributed by atoms with Crippen LogP contribution in [-0.4, -0.2) is 33.0 Å². The van der Waals surface area contributed by atoms with Crippen molar-refractivity contribution in [2.75, 3.05) is 17.6 Å². The van der Waals surface area contributed by atoms with E-state index in [1.54, 1.807) is 23.8 Å². The molecule has 40 heavy (non-hydrogen) atoms.